The highest BCUT2D eigenvalue weighted by atomic mass is 14.7. The van der Waals surface area contributed by atoms with Crippen LogP contribution >= 0.6 is 0 Å². The van der Waals surface area contributed by atoms with Crippen molar-refractivity contribution in [1.29, 1.82) is 0 Å². The molecule has 3 saturated carbocycles. The Labute approximate surface area is 112 Å². The van der Waals surface area contributed by atoms with Crippen LogP contribution in [0.4, 0.5) is 0 Å². The molecule has 0 amide bonds. The summed E-state index contributed by atoms with van der Waals surface area (Å²) in [4.78, 5) is 0. The second kappa shape index (κ2) is 3.32. The zero-order valence-electron chi connectivity index (χ0n) is 12.0. The van der Waals surface area contributed by atoms with Gasteiger partial charge in [0.25, 0.3) is 0 Å². The highest BCUT2D eigenvalue weighted by Gasteiger charge is 2.65. The van der Waals surface area contributed by atoms with Crippen LogP contribution in [-0.4, -0.2) is 0 Å². The zero-order valence-corrected chi connectivity index (χ0v) is 12.0. The van der Waals surface area contributed by atoms with Gasteiger partial charge in [-0.05, 0) is 65.6 Å². The summed E-state index contributed by atoms with van der Waals surface area (Å²) in [6.45, 7) is 11.5. The summed E-state index contributed by atoms with van der Waals surface area (Å²) in [7, 11) is 0. The van der Waals surface area contributed by atoms with E-state index in [0.717, 1.165) is 47.3 Å². The molecule has 8 atom stereocenters. The van der Waals surface area contributed by atoms with Gasteiger partial charge in [-0.2, -0.15) is 0 Å². The number of fused-ring (bicyclic) bond motifs is 9. The topological polar surface area (TPSA) is 0 Å². The van der Waals surface area contributed by atoms with E-state index in [2.05, 4.69) is 45.6 Å². The van der Waals surface area contributed by atoms with Crippen LogP contribution in [-0.2, 0) is 0 Å². The maximum absolute atomic E-state index is 4.18. The van der Waals surface area contributed by atoms with Crippen LogP contribution in [0.1, 0.15) is 33.6 Å². The molecule has 0 heteroatoms. The fourth-order valence-electron chi connectivity index (χ4n) is 6.63. The van der Waals surface area contributed by atoms with Crippen molar-refractivity contribution in [2.24, 2.45) is 52.8 Å². The van der Waals surface area contributed by atoms with Gasteiger partial charge in [0, 0.05) is 0 Å². The molecule has 0 aromatic heterocycles. The van der Waals surface area contributed by atoms with Gasteiger partial charge >= 0.3 is 0 Å². The highest BCUT2D eigenvalue weighted by molar-refractivity contribution is 5.24. The molecule has 0 N–H and O–H groups in total. The molecule has 4 aliphatic rings. The molecular formula is C18H26. The Hall–Kier alpha value is -0.520. The number of hydrogen-bond donors (Lipinski definition) is 0. The molecule has 0 radical (unpaired) electrons. The molecule has 8 unspecified atom stereocenters. The van der Waals surface area contributed by atoms with E-state index in [0.29, 0.717) is 5.41 Å². The normalized spacial score (nSPS) is 56.2. The summed E-state index contributed by atoms with van der Waals surface area (Å²) in [6.07, 6.45) is 10.4. The SMILES string of the molecule is C=CC1C2CC(C3C4C=CC(C4)C23)C1C(C)(C)C. The van der Waals surface area contributed by atoms with Crippen molar-refractivity contribution in [2.45, 2.75) is 33.6 Å². The Kier molecular flexibility index (Phi) is 2.09. The van der Waals surface area contributed by atoms with Gasteiger partial charge in [-0.3, -0.25) is 0 Å². The van der Waals surface area contributed by atoms with E-state index >= 15 is 0 Å². The molecule has 0 saturated heterocycles. The highest BCUT2D eigenvalue weighted by Crippen LogP contribution is 2.71. The Morgan fingerprint density at radius 1 is 1.00 bits per heavy atom. The zero-order chi connectivity index (χ0) is 12.7. The third-order valence-corrected chi connectivity index (χ3v) is 6.76. The minimum absolute atomic E-state index is 0.453. The molecule has 4 bridgehead atoms. The minimum Gasteiger partial charge on any atom is -0.103 e. The molecule has 4 rings (SSSR count). The summed E-state index contributed by atoms with van der Waals surface area (Å²) < 4.78 is 0. The van der Waals surface area contributed by atoms with Crippen LogP contribution in [0.5, 0.6) is 0 Å². The largest absolute Gasteiger partial charge is 0.103 e. The van der Waals surface area contributed by atoms with E-state index in [9.17, 15) is 0 Å². The molecule has 4 aliphatic carbocycles. The van der Waals surface area contributed by atoms with Gasteiger partial charge in [0.1, 0.15) is 0 Å². The lowest BCUT2D eigenvalue weighted by molar-refractivity contribution is 0.0413. The Balaban J connectivity index is 1.75. The maximum atomic E-state index is 4.18. The molecule has 0 aromatic rings. The molecule has 0 aromatic carbocycles. The minimum atomic E-state index is 0.453. The van der Waals surface area contributed by atoms with Gasteiger partial charge in [0.15, 0.2) is 0 Å². The van der Waals surface area contributed by atoms with Crippen molar-refractivity contribution in [3.63, 3.8) is 0 Å². The van der Waals surface area contributed by atoms with Crippen molar-refractivity contribution in [2.75, 3.05) is 0 Å². The van der Waals surface area contributed by atoms with Crippen molar-refractivity contribution in [3.05, 3.63) is 24.8 Å². The van der Waals surface area contributed by atoms with Gasteiger partial charge in [-0.1, -0.05) is 39.0 Å². The molecule has 3 fully saturated rings. The molecule has 98 valence electrons. The Morgan fingerprint density at radius 3 is 2.17 bits per heavy atom. The van der Waals surface area contributed by atoms with Crippen LogP contribution in [0.2, 0.25) is 0 Å². The maximum Gasteiger partial charge on any atom is -0.0169 e. The van der Waals surface area contributed by atoms with Crippen molar-refractivity contribution in [1.82, 2.24) is 0 Å². The molecule has 0 aliphatic heterocycles. The summed E-state index contributed by atoms with van der Waals surface area (Å²) >= 11 is 0. The molecular weight excluding hydrogens is 216 g/mol. The smallest absolute Gasteiger partial charge is 0.0169 e. The van der Waals surface area contributed by atoms with E-state index in [1.165, 1.54) is 12.8 Å². The summed E-state index contributed by atoms with van der Waals surface area (Å²) in [5.41, 5.74) is 0.453. The van der Waals surface area contributed by atoms with E-state index < -0.39 is 0 Å². The summed E-state index contributed by atoms with van der Waals surface area (Å²) in [5.74, 6) is 7.55. The third kappa shape index (κ3) is 1.18. The van der Waals surface area contributed by atoms with Crippen molar-refractivity contribution < 1.29 is 0 Å². The standard InChI is InChI=1S/C18H26/c1-5-12-13-9-14(17(12)18(2,3)4)16-11-7-6-10(8-11)15(13)16/h5-7,10-17H,1,8-9H2,2-4H3. The lowest BCUT2D eigenvalue weighted by Gasteiger charge is -2.46. The van der Waals surface area contributed by atoms with Gasteiger partial charge in [0.2, 0.25) is 0 Å². The molecule has 18 heavy (non-hydrogen) atoms. The fourth-order valence-corrected chi connectivity index (χ4v) is 6.63. The predicted molar refractivity (Wildman–Crippen MR) is 75.9 cm³/mol. The Morgan fingerprint density at radius 2 is 1.61 bits per heavy atom. The first-order chi connectivity index (χ1) is 8.52. The van der Waals surface area contributed by atoms with Crippen molar-refractivity contribution in [3.8, 4) is 0 Å². The second-order valence-corrected chi connectivity index (χ2v) is 8.37. The monoisotopic (exact) mass is 242 g/mol. The fraction of sp³-hybridized carbons (Fsp3) is 0.778. The average Bonchev–Trinajstić information content (AvgIpc) is 3.03. The predicted octanol–water partition coefficient (Wildman–Crippen LogP) is 4.54. The number of allylic oxidation sites excluding steroid dienone is 3. The molecule has 0 heterocycles. The molecule has 0 nitrogen and oxygen atoms in total. The first-order valence-corrected chi connectivity index (χ1v) is 7.83. The van der Waals surface area contributed by atoms with Gasteiger partial charge in [-0.25, -0.2) is 0 Å². The third-order valence-electron chi connectivity index (χ3n) is 6.76. The number of hydrogen-bond acceptors (Lipinski definition) is 0. The quantitative estimate of drug-likeness (QED) is 0.468. The first-order valence-electron chi connectivity index (χ1n) is 7.83. The van der Waals surface area contributed by atoms with E-state index in [4.69, 9.17) is 0 Å². The van der Waals surface area contributed by atoms with Crippen LogP contribution in [0.25, 0.3) is 0 Å². The summed E-state index contributed by atoms with van der Waals surface area (Å²) in [5, 5.41) is 0. The molecule has 0 spiro atoms. The van der Waals surface area contributed by atoms with Crippen molar-refractivity contribution >= 4 is 0 Å². The first kappa shape index (κ1) is 11.3. The van der Waals surface area contributed by atoms with Gasteiger partial charge < -0.3 is 0 Å². The van der Waals surface area contributed by atoms with E-state index in [1.807, 2.05) is 0 Å². The van der Waals surface area contributed by atoms with E-state index in [-0.39, 0.29) is 0 Å². The average molecular weight is 242 g/mol. The van der Waals surface area contributed by atoms with Gasteiger partial charge in [-0.15, -0.1) is 6.58 Å². The Bertz CT molecular complexity index is 410. The second-order valence-electron chi connectivity index (χ2n) is 8.37. The summed E-state index contributed by atoms with van der Waals surface area (Å²) in [6, 6.07) is 0. The number of rotatable bonds is 1. The lowest BCUT2D eigenvalue weighted by Crippen LogP contribution is -2.41. The lowest BCUT2D eigenvalue weighted by atomic mass is 9.58. The van der Waals surface area contributed by atoms with Gasteiger partial charge in [0.05, 0.1) is 0 Å². The van der Waals surface area contributed by atoms with Crippen LogP contribution in [0.15, 0.2) is 24.8 Å². The van der Waals surface area contributed by atoms with Crippen LogP contribution in [0.3, 0.4) is 0 Å². The van der Waals surface area contributed by atoms with E-state index in [1.54, 1.807) is 0 Å². The van der Waals surface area contributed by atoms with Crippen LogP contribution < -0.4 is 0 Å². The van der Waals surface area contributed by atoms with Crippen LogP contribution in [0, 0.1) is 52.8 Å².